The molecule has 19 heteroatoms. The second kappa shape index (κ2) is 64.5. The average molecular weight is 1350 g/mol. The Morgan fingerprint density at radius 1 is 0.337 bits per heavy atom. The quantitative estimate of drug-likeness (QED) is 0.0169. The Labute approximate surface area is 561 Å². The second-order valence-electron chi connectivity index (χ2n) is 26.6. The molecule has 0 aromatic heterocycles. The predicted molar refractivity (Wildman–Crippen MR) is 372 cm³/mol. The van der Waals surface area contributed by atoms with E-state index < -0.39 is 97.5 Å². The summed E-state index contributed by atoms with van der Waals surface area (Å²) in [7, 11) is -9.92. The highest BCUT2D eigenvalue weighted by atomic mass is 31.2. The number of phosphoric ester groups is 2. The molecule has 17 nitrogen and oxygen atoms in total. The minimum Gasteiger partial charge on any atom is -0.462 e. The van der Waals surface area contributed by atoms with Crippen molar-refractivity contribution in [2.75, 3.05) is 39.6 Å². The number of hydrogen-bond acceptors (Lipinski definition) is 15. The fourth-order valence-corrected chi connectivity index (χ4v) is 12.2. The first kappa shape index (κ1) is 89.5. The molecular formula is C73H138O17P2. The average Bonchev–Trinajstić information content (AvgIpc) is 1.41. The lowest BCUT2D eigenvalue weighted by Gasteiger charge is -2.21. The number of rotatable bonds is 70. The number of allylic oxidation sites excluding steroid dienone is 4. The van der Waals surface area contributed by atoms with E-state index in [1.807, 2.05) is 0 Å². The molecule has 92 heavy (non-hydrogen) atoms. The van der Waals surface area contributed by atoms with Gasteiger partial charge in [0.1, 0.15) is 19.3 Å². The molecule has 0 saturated carbocycles. The van der Waals surface area contributed by atoms with E-state index >= 15 is 0 Å². The van der Waals surface area contributed by atoms with E-state index in [-0.39, 0.29) is 25.7 Å². The first-order valence-electron chi connectivity index (χ1n) is 37.3. The number of carbonyl (C=O) groups excluding carboxylic acids is 4. The maximum Gasteiger partial charge on any atom is 0.472 e. The van der Waals surface area contributed by atoms with E-state index in [0.717, 1.165) is 115 Å². The maximum atomic E-state index is 13.0. The van der Waals surface area contributed by atoms with Crippen LogP contribution in [0, 0.1) is 11.8 Å². The normalized spacial score (nSPS) is 14.2. The van der Waals surface area contributed by atoms with Crippen LogP contribution in [0.15, 0.2) is 24.3 Å². The summed E-state index contributed by atoms with van der Waals surface area (Å²) in [5.41, 5.74) is 0. The summed E-state index contributed by atoms with van der Waals surface area (Å²) < 4.78 is 68.3. The Bertz CT molecular complexity index is 1880. The van der Waals surface area contributed by atoms with E-state index in [1.165, 1.54) is 148 Å². The third-order valence-corrected chi connectivity index (χ3v) is 18.2. The lowest BCUT2D eigenvalue weighted by molar-refractivity contribution is -0.161. The van der Waals surface area contributed by atoms with Gasteiger partial charge in [-0.1, -0.05) is 297 Å². The van der Waals surface area contributed by atoms with E-state index in [0.29, 0.717) is 31.6 Å². The third kappa shape index (κ3) is 66.2. The van der Waals surface area contributed by atoms with Crippen LogP contribution in [0.4, 0.5) is 0 Å². The highest BCUT2D eigenvalue weighted by molar-refractivity contribution is 7.47. The zero-order valence-corrected chi connectivity index (χ0v) is 61.1. The summed E-state index contributed by atoms with van der Waals surface area (Å²) in [5, 5.41) is 10.6. The molecule has 0 bridgehead atoms. The van der Waals surface area contributed by atoms with Crippen LogP contribution in [0.1, 0.15) is 350 Å². The van der Waals surface area contributed by atoms with Crippen molar-refractivity contribution in [2.45, 2.75) is 368 Å². The van der Waals surface area contributed by atoms with E-state index in [4.69, 9.17) is 37.0 Å². The molecule has 0 saturated heterocycles. The molecule has 0 spiro atoms. The van der Waals surface area contributed by atoms with Crippen molar-refractivity contribution in [3.8, 4) is 0 Å². The van der Waals surface area contributed by atoms with Gasteiger partial charge in [-0.05, 0) is 63.2 Å². The Kier molecular flexibility index (Phi) is 62.8. The van der Waals surface area contributed by atoms with Gasteiger partial charge in [-0.3, -0.25) is 37.3 Å². The largest absolute Gasteiger partial charge is 0.472 e. The standard InChI is InChI=1S/C73H138O17P2/c1-7-9-11-13-15-17-19-21-23-25-27-31-37-43-49-55-70(75)83-61-68(89-72(77)57-51-45-38-32-28-26-24-22-20-18-16-14-12-10-8-2)63-87-91(79,80)85-59-67(74)60-86-92(81,82)88-64-69(62-84-71(76)56-50-44-40-34-36-42-48-54-66(5)6)90-73(78)58-52-46-39-33-29-30-35-41-47-53-65(3)4/h18,20,22,24,65-69,74H,7-17,19,21,23,25-64H2,1-6H3,(H,79,80)(H,81,82)/b20-18-,24-22-/t67-,68-,69-/m1/s1. The van der Waals surface area contributed by atoms with Crippen LogP contribution in [0.25, 0.3) is 0 Å². The highest BCUT2D eigenvalue weighted by Gasteiger charge is 2.30. The van der Waals surface area contributed by atoms with Gasteiger partial charge >= 0.3 is 39.5 Å². The van der Waals surface area contributed by atoms with Gasteiger partial charge in [0.25, 0.3) is 0 Å². The number of unbranched alkanes of at least 4 members (excludes halogenated alkanes) is 37. The smallest absolute Gasteiger partial charge is 0.462 e. The summed E-state index contributed by atoms with van der Waals surface area (Å²) in [4.78, 5) is 72.6. The van der Waals surface area contributed by atoms with Crippen LogP contribution >= 0.6 is 15.6 Å². The van der Waals surface area contributed by atoms with Gasteiger partial charge in [0, 0.05) is 25.7 Å². The number of aliphatic hydroxyl groups excluding tert-OH is 1. The topological polar surface area (TPSA) is 237 Å². The molecule has 5 atom stereocenters. The summed E-state index contributed by atoms with van der Waals surface area (Å²) in [6.07, 6.45) is 53.6. The number of aliphatic hydroxyl groups is 1. The van der Waals surface area contributed by atoms with E-state index in [2.05, 4.69) is 65.8 Å². The van der Waals surface area contributed by atoms with Gasteiger partial charge in [0.05, 0.1) is 26.4 Å². The SMILES string of the molecule is CCCCCC/C=C\C=C/CCCCCCCC(=O)O[C@H](COC(=O)CCCCCCCCCCCCCCCCC)COP(=O)(O)OC[C@@H](O)COP(=O)(O)OC[C@@H](COC(=O)CCCCCCCCCC(C)C)OC(=O)CCCCCCCCCCCC(C)C. The first-order valence-corrected chi connectivity index (χ1v) is 40.3. The number of esters is 4. The Balaban J connectivity index is 5.29. The second-order valence-corrected chi connectivity index (χ2v) is 29.5. The zero-order valence-electron chi connectivity index (χ0n) is 59.3. The Morgan fingerprint density at radius 3 is 0.891 bits per heavy atom. The third-order valence-electron chi connectivity index (χ3n) is 16.3. The summed E-state index contributed by atoms with van der Waals surface area (Å²) in [6, 6.07) is 0. The molecule has 542 valence electrons. The van der Waals surface area contributed by atoms with Crippen LogP contribution in [0.3, 0.4) is 0 Å². The van der Waals surface area contributed by atoms with Crippen LogP contribution < -0.4 is 0 Å². The van der Waals surface area contributed by atoms with Crippen LogP contribution in [-0.4, -0.2) is 96.7 Å². The van der Waals surface area contributed by atoms with Crippen molar-refractivity contribution >= 4 is 39.5 Å². The molecule has 0 aliphatic heterocycles. The maximum absolute atomic E-state index is 13.0. The summed E-state index contributed by atoms with van der Waals surface area (Å²) in [5.74, 6) is -0.714. The molecular weight excluding hydrogens is 1210 g/mol. The molecule has 0 aliphatic carbocycles. The molecule has 0 aliphatic rings. The molecule has 0 fully saturated rings. The fourth-order valence-electron chi connectivity index (χ4n) is 10.6. The van der Waals surface area contributed by atoms with Gasteiger partial charge in [0.2, 0.25) is 0 Å². The van der Waals surface area contributed by atoms with Crippen molar-refractivity contribution in [1.82, 2.24) is 0 Å². The zero-order chi connectivity index (χ0) is 67.9. The van der Waals surface area contributed by atoms with Crippen LogP contribution in [0.5, 0.6) is 0 Å². The molecule has 0 aromatic carbocycles. The van der Waals surface area contributed by atoms with Gasteiger partial charge in [-0.2, -0.15) is 0 Å². The van der Waals surface area contributed by atoms with Crippen molar-refractivity contribution in [2.24, 2.45) is 11.8 Å². The molecule has 2 unspecified atom stereocenters. The van der Waals surface area contributed by atoms with Gasteiger partial charge in [0.15, 0.2) is 12.2 Å². The molecule has 0 heterocycles. The van der Waals surface area contributed by atoms with Crippen molar-refractivity contribution in [1.29, 1.82) is 0 Å². The first-order chi connectivity index (χ1) is 44.4. The van der Waals surface area contributed by atoms with Gasteiger partial charge in [-0.25, -0.2) is 9.13 Å². The van der Waals surface area contributed by atoms with Crippen molar-refractivity contribution < 1.29 is 80.2 Å². The fraction of sp³-hybridized carbons (Fsp3) is 0.890. The van der Waals surface area contributed by atoms with Crippen molar-refractivity contribution in [3.05, 3.63) is 24.3 Å². The number of hydrogen-bond donors (Lipinski definition) is 3. The van der Waals surface area contributed by atoms with E-state index in [1.54, 1.807) is 0 Å². The summed E-state index contributed by atoms with van der Waals surface area (Å²) >= 11 is 0. The highest BCUT2D eigenvalue weighted by Crippen LogP contribution is 2.45. The minimum absolute atomic E-state index is 0.0852. The molecule has 0 aromatic rings. The van der Waals surface area contributed by atoms with E-state index in [9.17, 15) is 43.2 Å². The van der Waals surface area contributed by atoms with Crippen LogP contribution in [0.2, 0.25) is 0 Å². The molecule has 0 radical (unpaired) electrons. The monoisotopic (exact) mass is 1350 g/mol. The summed E-state index contributed by atoms with van der Waals surface area (Å²) in [6.45, 7) is 9.42. The predicted octanol–water partition coefficient (Wildman–Crippen LogP) is 20.7. The molecule has 0 rings (SSSR count). The van der Waals surface area contributed by atoms with Gasteiger partial charge < -0.3 is 33.8 Å². The number of carbonyl (C=O) groups is 4. The minimum atomic E-state index is -4.96. The molecule has 0 amide bonds. The lowest BCUT2D eigenvalue weighted by Crippen LogP contribution is -2.30. The van der Waals surface area contributed by atoms with Crippen LogP contribution in [-0.2, 0) is 65.4 Å². The number of ether oxygens (including phenoxy) is 4. The Hall–Kier alpha value is -2.46. The van der Waals surface area contributed by atoms with Crippen molar-refractivity contribution in [3.63, 3.8) is 0 Å². The van der Waals surface area contributed by atoms with Gasteiger partial charge in [-0.15, -0.1) is 0 Å². The number of phosphoric acid groups is 2. The lowest BCUT2D eigenvalue weighted by atomic mass is 10.0. The Morgan fingerprint density at radius 2 is 0.587 bits per heavy atom. The molecule has 3 N–H and O–H groups in total.